The number of nitriles is 1. The number of fused-ring (bicyclic) bond motifs is 1. The lowest BCUT2D eigenvalue weighted by atomic mass is 9.91. The molecule has 0 fully saturated rings. The summed E-state index contributed by atoms with van der Waals surface area (Å²) in [7, 11) is 0. The molecule has 3 rings (SSSR count). The zero-order chi connectivity index (χ0) is 13.9. The van der Waals surface area contributed by atoms with Crippen LogP contribution in [0.3, 0.4) is 0 Å². The van der Waals surface area contributed by atoms with Crippen molar-refractivity contribution in [3.63, 3.8) is 0 Å². The smallest absolute Gasteiger partial charge is 0.184 e. The molecule has 1 heterocycles. The topological polar surface area (TPSA) is 66.6 Å². The van der Waals surface area contributed by atoms with Gasteiger partial charge in [0, 0.05) is 11.1 Å². The average Bonchev–Trinajstić information content (AvgIpc) is 2.98. The zero-order valence-corrected chi connectivity index (χ0v) is 11.2. The highest BCUT2D eigenvalue weighted by Gasteiger charge is 2.24. The summed E-state index contributed by atoms with van der Waals surface area (Å²) in [5.74, 6) is -1.07. The Kier molecular flexibility index (Phi) is 3.23. The maximum Gasteiger partial charge on any atom is 0.184 e. The first-order chi connectivity index (χ1) is 9.81. The molecule has 5 heteroatoms. The summed E-state index contributed by atoms with van der Waals surface area (Å²) >= 11 is 1.08. The summed E-state index contributed by atoms with van der Waals surface area (Å²) in [6.07, 6.45) is 0. The van der Waals surface area contributed by atoms with Gasteiger partial charge in [-0.05, 0) is 6.07 Å². The largest absolute Gasteiger partial charge is 0.292 e. The van der Waals surface area contributed by atoms with Gasteiger partial charge in [0.05, 0.1) is 17.8 Å². The Morgan fingerprint density at radius 1 is 1.10 bits per heavy atom. The van der Waals surface area contributed by atoms with Crippen LogP contribution in [0.25, 0.3) is 11.0 Å². The fraction of sp³-hybridized carbons (Fsp3) is 0.0667. The number of benzene rings is 2. The van der Waals surface area contributed by atoms with Gasteiger partial charge in [-0.2, -0.15) is 14.0 Å². The van der Waals surface area contributed by atoms with E-state index in [-0.39, 0.29) is 5.78 Å². The van der Waals surface area contributed by atoms with Crippen molar-refractivity contribution in [1.29, 1.82) is 5.26 Å². The van der Waals surface area contributed by atoms with Crippen LogP contribution in [-0.2, 0) is 0 Å². The Morgan fingerprint density at radius 2 is 1.90 bits per heavy atom. The Bertz CT molecular complexity index is 805. The number of Topliss-reactive ketones (excluding diaryl/α,β-unsaturated/α-hetero) is 1. The summed E-state index contributed by atoms with van der Waals surface area (Å²) in [6.45, 7) is 0. The number of nitrogens with zero attached hydrogens (tertiary/aromatic N) is 3. The molecule has 0 radical (unpaired) electrons. The van der Waals surface area contributed by atoms with Crippen LogP contribution >= 0.6 is 11.7 Å². The summed E-state index contributed by atoms with van der Waals surface area (Å²) in [4.78, 5) is 12.5. The lowest BCUT2D eigenvalue weighted by Gasteiger charge is -2.08. The van der Waals surface area contributed by atoms with Crippen LogP contribution in [-0.4, -0.2) is 14.5 Å². The molecule has 0 aliphatic carbocycles. The monoisotopic (exact) mass is 279 g/mol. The number of carbonyl (C=O) groups is 1. The van der Waals surface area contributed by atoms with Crippen molar-refractivity contribution >= 4 is 28.5 Å². The van der Waals surface area contributed by atoms with E-state index in [1.54, 1.807) is 36.4 Å². The van der Waals surface area contributed by atoms with Gasteiger partial charge in [0.15, 0.2) is 5.78 Å². The van der Waals surface area contributed by atoms with Crippen LogP contribution in [0, 0.1) is 11.3 Å². The van der Waals surface area contributed by atoms with Crippen LogP contribution in [0.15, 0.2) is 48.5 Å². The molecular weight excluding hydrogens is 270 g/mol. The van der Waals surface area contributed by atoms with Crippen molar-refractivity contribution in [2.24, 2.45) is 0 Å². The molecule has 0 N–H and O–H groups in total. The van der Waals surface area contributed by atoms with Crippen molar-refractivity contribution < 1.29 is 4.79 Å². The molecule has 3 aromatic rings. The van der Waals surface area contributed by atoms with Gasteiger partial charge in [0.2, 0.25) is 0 Å². The molecule has 1 aromatic heterocycles. The molecular formula is C15H9N3OS. The predicted octanol–water partition coefficient (Wildman–Crippen LogP) is 3.18. The van der Waals surface area contributed by atoms with E-state index in [4.69, 9.17) is 0 Å². The third-order valence-electron chi connectivity index (χ3n) is 3.08. The second-order valence-corrected chi connectivity index (χ2v) is 4.80. The SMILES string of the molecule is N#CC(C(=O)c1ccccc1)c1cccc2nsnc12. The third kappa shape index (κ3) is 2.06. The van der Waals surface area contributed by atoms with E-state index in [2.05, 4.69) is 14.8 Å². The highest BCUT2D eigenvalue weighted by atomic mass is 32.1. The minimum atomic E-state index is -0.856. The lowest BCUT2D eigenvalue weighted by molar-refractivity contribution is 0.0979. The molecule has 2 aromatic carbocycles. The van der Waals surface area contributed by atoms with Gasteiger partial charge >= 0.3 is 0 Å². The molecule has 0 bridgehead atoms. The standard InChI is InChI=1S/C15H9N3OS/c16-9-12(15(19)10-5-2-1-3-6-10)11-7-4-8-13-14(11)18-20-17-13/h1-8,12H. The molecule has 0 aliphatic rings. The van der Waals surface area contributed by atoms with Gasteiger partial charge in [-0.1, -0.05) is 42.5 Å². The maximum atomic E-state index is 12.5. The van der Waals surface area contributed by atoms with E-state index in [0.717, 1.165) is 11.7 Å². The second-order valence-electron chi connectivity index (χ2n) is 4.27. The van der Waals surface area contributed by atoms with Crippen LogP contribution in [0.4, 0.5) is 0 Å². The van der Waals surface area contributed by atoms with E-state index in [0.29, 0.717) is 22.2 Å². The summed E-state index contributed by atoms with van der Waals surface area (Å²) in [6, 6.07) is 16.3. The molecule has 96 valence electrons. The van der Waals surface area contributed by atoms with E-state index in [1.807, 2.05) is 12.1 Å². The van der Waals surface area contributed by atoms with Gasteiger partial charge < -0.3 is 0 Å². The fourth-order valence-corrected chi connectivity index (χ4v) is 2.66. The molecule has 4 nitrogen and oxygen atoms in total. The van der Waals surface area contributed by atoms with E-state index >= 15 is 0 Å². The van der Waals surface area contributed by atoms with Gasteiger partial charge in [0.25, 0.3) is 0 Å². The lowest BCUT2D eigenvalue weighted by Crippen LogP contribution is -2.11. The van der Waals surface area contributed by atoms with E-state index in [9.17, 15) is 10.1 Å². The fourth-order valence-electron chi connectivity index (χ4n) is 2.10. The number of ketones is 1. The van der Waals surface area contributed by atoms with Crippen LogP contribution in [0.1, 0.15) is 21.8 Å². The molecule has 0 saturated carbocycles. The number of aromatic nitrogens is 2. The number of hydrogen-bond donors (Lipinski definition) is 0. The van der Waals surface area contributed by atoms with Crippen LogP contribution < -0.4 is 0 Å². The first kappa shape index (κ1) is 12.5. The third-order valence-corrected chi connectivity index (χ3v) is 3.62. The highest BCUT2D eigenvalue weighted by Crippen LogP contribution is 2.26. The van der Waals surface area contributed by atoms with Gasteiger partial charge in [0.1, 0.15) is 17.0 Å². The first-order valence-corrected chi connectivity index (χ1v) is 6.74. The van der Waals surface area contributed by atoms with E-state index in [1.165, 1.54) is 0 Å². The molecule has 1 atom stereocenters. The molecule has 0 spiro atoms. The molecule has 1 unspecified atom stereocenters. The Labute approximate surface area is 119 Å². The van der Waals surface area contributed by atoms with E-state index < -0.39 is 5.92 Å². The summed E-state index contributed by atoms with van der Waals surface area (Å²) in [5, 5.41) is 9.39. The molecule has 0 saturated heterocycles. The predicted molar refractivity (Wildman–Crippen MR) is 76.5 cm³/mol. The summed E-state index contributed by atoms with van der Waals surface area (Å²) < 4.78 is 8.33. The molecule has 0 aliphatic heterocycles. The Morgan fingerprint density at radius 3 is 2.65 bits per heavy atom. The Balaban J connectivity index is 2.09. The zero-order valence-electron chi connectivity index (χ0n) is 10.4. The summed E-state index contributed by atoms with van der Waals surface area (Å²) in [5.41, 5.74) is 2.49. The van der Waals surface area contributed by atoms with Crippen LogP contribution in [0.2, 0.25) is 0 Å². The number of hydrogen-bond acceptors (Lipinski definition) is 5. The average molecular weight is 279 g/mol. The van der Waals surface area contributed by atoms with Crippen molar-refractivity contribution in [3.8, 4) is 6.07 Å². The number of rotatable bonds is 3. The van der Waals surface area contributed by atoms with Gasteiger partial charge in [-0.25, -0.2) is 0 Å². The normalized spacial score (nSPS) is 11.9. The highest BCUT2D eigenvalue weighted by molar-refractivity contribution is 7.00. The van der Waals surface area contributed by atoms with Crippen LogP contribution in [0.5, 0.6) is 0 Å². The first-order valence-electron chi connectivity index (χ1n) is 6.01. The molecule has 0 amide bonds. The van der Waals surface area contributed by atoms with Crippen molar-refractivity contribution in [1.82, 2.24) is 8.75 Å². The maximum absolute atomic E-state index is 12.5. The Hall–Kier alpha value is -2.58. The second kappa shape index (κ2) is 5.19. The minimum absolute atomic E-state index is 0.214. The quantitative estimate of drug-likeness (QED) is 0.690. The van der Waals surface area contributed by atoms with Crippen molar-refractivity contribution in [2.45, 2.75) is 5.92 Å². The van der Waals surface area contributed by atoms with Gasteiger partial charge in [-0.15, -0.1) is 0 Å². The van der Waals surface area contributed by atoms with Gasteiger partial charge in [-0.3, -0.25) is 4.79 Å². The molecule has 20 heavy (non-hydrogen) atoms. The number of carbonyl (C=O) groups excluding carboxylic acids is 1. The minimum Gasteiger partial charge on any atom is -0.292 e. The van der Waals surface area contributed by atoms with Crippen molar-refractivity contribution in [3.05, 3.63) is 59.7 Å². The van der Waals surface area contributed by atoms with Crippen molar-refractivity contribution in [2.75, 3.05) is 0 Å².